The molecule has 7 heteroatoms. The van der Waals surface area contributed by atoms with Crippen LogP contribution in [0.5, 0.6) is 0 Å². The first-order chi connectivity index (χ1) is 14.2. The van der Waals surface area contributed by atoms with Crippen molar-refractivity contribution in [3.8, 4) is 11.3 Å². The summed E-state index contributed by atoms with van der Waals surface area (Å²) in [7, 11) is 0. The highest BCUT2D eigenvalue weighted by atomic mass is 32.1. The van der Waals surface area contributed by atoms with E-state index in [2.05, 4.69) is 34.6 Å². The van der Waals surface area contributed by atoms with Gasteiger partial charge in [0, 0.05) is 10.9 Å². The molecule has 1 N–H and O–H groups in total. The Hall–Kier alpha value is -3.71. The van der Waals surface area contributed by atoms with Gasteiger partial charge in [0.1, 0.15) is 6.54 Å². The van der Waals surface area contributed by atoms with Crippen molar-refractivity contribution >= 4 is 44.2 Å². The van der Waals surface area contributed by atoms with Crippen LogP contribution in [-0.2, 0) is 11.3 Å². The van der Waals surface area contributed by atoms with Gasteiger partial charge in [0.15, 0.2) is 10.7 Å². The molecule has 0 radical (unpaired) electrons. The zero-order valence-corrected chi connectivity index (χ0v) is 16.0. The molecule has 0 bridgehead atoms. The van der Waals surface area contributed by atoms with Gasteiger partial charge in [-0.05, 0) is 29.0 Å². The summed E-state index contributed by atoms with van der Waals surface area (Å²) in [5.74, 6) is -0.893. The summed E-state index contributed by atoms with van der Waals surface area (Å²) < 4.78 is 6.47. The number of thiazole rings is 1. The first-order valence-corrected chi connectivity index (χ1v) is 9.88. The molecule has 0 aliphatic heterocycles. The average molecular weight is 401 g/mol. The molecule has 0 saturated heterocycles. The van der Waals surface area contributed by atoms with E-state index in [0.29, 0.717) is 16.2 Å². The summed E-state index contributed by atoms with van der Waals surface area (Å²) in [6.07, 6.45) is 0. The minimum absolute atomic E-state index is 0.138. The molecule has 0 fully saturated rings. The third kappa shape index (κ3) is 3.32. The second kappa shape index (κ2) is 7.03. The smallest absolute Gasteiger partial charge is 0.408 e. The largest absolute Gasteiger partial charge is 0.420 e. The fourth-order valence-electron chi connectivity index (χ4n) is 3.28. The van der Waals surface area contributed by atoms with Gasteiger partial charge in [0.2, 0.25) is 5.91 Å². The highest BCUT2D eigenvalue weighted by Gasteiger charge is 2.14. The van der Waals surface area contributed by atoms with Gasteiger partial charge in [-0.2, -0.15) is 0 Å². The highest BCUT2D eigenvalue weighted by Crippen LogP contribution is 2.27. The molecule has 142 valence electrons. The molecule has 0 aliphatic carbocycles. The van der Waals surface area contributed by atoms with Crippen molar-refractivity contribution in [2.24, 2.45) is 0 Å². The second-order valence-electron chi connectivity index (χ2n) is 6.57. The van der Waals surface area contributed by atoms with Crippen LogP contribution in [0.3, 0.4) is 0 Å². The topological polar surface area (TPSA) is 77.1 Å². The summed E-state index contributed by atoms with van der Waals surface area (Å²) in [6, 6.07) is 21.3. The zero-order chi connectivity index (χ0) is 19.8. The molecule has 0 unspecified atom stereocenters. The normalized spacial score (nSPS) is 11.2. The standard InChI is InChI=1S/C22H15N3O3S/c26-20(12-25-18-7-3-4-8-19(18)28-22(25)27)24-21-23-17(13-29-21)16-10-9-14-5-1-2-6-15(14)11-16/h1-11,13H,12H2,(H,23,24,26). The molecule has 5 rings (SSSR count). The van der Waals surface area contributed by atoms with E-state index in [0.717, 1.165) is 22.0 Å². The number of carbonyl (C=O) groups is 1. The fourth-order valence-corrected chi connectivity index (χ4v) is 4.01. The van der Waals surface area contributed by atoms with Crippen LogP contribution in [0.25, 0.3) is 33.1 Å². The Morgan fingerprint density at radius 3 is 2.72 bits per heavy atom. The Balaban J connectivity index is 1.36. The van der Waals surface area contributed by atoms with Crippen LogP contribution >= 0.6 is 11.3 Å². The number of carbonyl (C=O) groups excluding carboxylic acids is 1. The van der Waals surface area contributed by atoms with Crippen LogP contribution < -0.4 is 11.1 Å². The van der Waals surface area contributed by atoms with Crippen LogP contribution in [0.2, 0.25) is 0 Å². The number of anilines is 1. The van der Waals surface area contributed by atoms with Crippen molar-refractivity contribution < 1.29 is 9.21 Å². The first-order valence-electron chi connectivity index (χ1n) is 9.00. The molecular weight excluding hydrogens is 386 g/mol. The van der Waals surface area contributed by atoms with Gasteiger partial charge < -0.3 is 9.73 Å². The Morgan fingerprint density at radius 2 is 1.83 bits per heavy atom. The van der Waals surface area contributed by atoms with Crippen molar-refractivity contribution in [3.63, 3.8) is 0 Å². The van der Waals surface area contributed by atoms with Gasteiger partial charge in [0.05, 0.1) is 11.2 Å². The maximum absolute atomic E-state index is 12.5. The highest BCUT2D eigenvalue weighted by molar-refractivity contribution is 7.14. The summed E-state index contributed by atoms with van der Waals surface area (Å²) in [6.45, 7) is -0.138. The van der Waals surface area contributed by atoms with E-state index in [4.69, 9.17) is 4.42 Å². The Bertz CT molecular complexity index is 1410. The van der Waals surface area contributed by atoms with Gasteiger partial charge in [-0.3, -0.25) is 9.36 Å². The molecule has 0 atom stereocenters. The third-order valence-corrected chi connectivity index (χ3v) is 5.43. The molecule has 3 aromatic carbocycles. The Labute approximate surface area is 169 Å². The lowest BCUT2D eigenvalue weighted by Gasteiger charge is -2.03. The number of amides is 1. The SMILES string of the molecule is O=C(Cn1c(=O)oc2ccccc21)Nc1nc(-c2ccc3ccccc3c2)cs1. The Morgan fingerprint density at radius 1 is 1.03 bits per heavy atom. The first kappa shape index (κ1) is 17.4. The van der Waals surface area contributed by atoms with E-state index >= 15 is 0 Å². The molecule has 29 heavy (non-hydrogen) atoms. The monoisotopic (exact) mass is 401 g/mol. The minimum atomic E-state index is -0.558. The van der Waals surface area contributed by atoms with Crippen LogP contribution in [-0.4, -0.2) is 15.5 Å². The molecule has 5 aromatic rings. The van der Waals surface area contributed by atoms with Crippen molar-refractivity contribution in [1.29, 1.82) is 0 Å². The summed E-state index contributed by atoms with van der Waals surface area (Å²) >= 11 is 1.34. The number of benzene rings is 3. The second-order valence-corrected chi connectivity index (χ2v) is 7.43. The average Bonchev–Trinajstić information content (AvgIpc) is 3.32. The molecule has 2 aromatic heterocycles. The van der Waals surface area contributed by atoms with Gasteiger partial charge in [0.25, 0.3) is 0 Å². The predicted octanol–water partition coefficient (Wildman–Crippen LogP) is 4.51. The molecule has 2 heterocycles. The maximum atomic E-state index is 12.5. The molecule has 0 saturated carbocycles. The fraction of sp³-hybridized carbons (Fsp3) is 0.0455. The number of rotatable bonds is 4. The number of hydrogen-bond donors (Lipinski definition) is 1. The number of para-hydroxylation sites is 2. The van der Waals surface area contributed by atoms with Gasteiger partial charge >= 0.3 is 5.76 Å². The lowest BCUT2D eigenvalue weighted by molar-refractivity contribution is -0.116. The molecule has 0 aliphatic rings. The summed E-state index contributed by atoms with van der Waals surface area (Å²) in [4.78, 5) is 29.0. The Kier molecular flexibility index (Phi) is 4.22. The van der Waals surface area contributed by atoms with Crippen LogP contribution in [0, 0.1) is 0 Å². The van der Waals surface area contributed by atoms with Crippen LogP contribution in [0.15, 0.2) is 81.3 Å². The predicted molar refractivity (Wildman–Crippen MR) is 114 cm³/mol. The van der Waals surface area contributed by atoms with Crippen molar-refractivity contribution in [2.75, 3.05) is 5.32 Å². The van der Waals surface area contributed by atoms with E-state index < -0.39 is 5.76 Å². The summed E-state index contributed by atoms with van der Waals surface area (Å²) in [5.41, 5.74) is 2.82. The van der Waals surface area contributed by atoms with Gasteiger partial charge in [-0.15, -0.1) is 11.3 Å². The van der Waals surface area contributed by atoms with E-state index in [1.54, 1.807) is 24.3 Å². The minimum Gasteiger partial charge on any atom is -0.408 e. The van der Waals surface area contributed by atoms with Gasteiger partial charge in [-0.25, -0.2) is 9.78 Å². The molecule has 1 amide bonds. The molecule has 0 spiro atoms. The number of fused-ring (bicyclic) bond motifs is 2. The molecule has 6 nitrogen and oxygen atoms in total. The molecular formula is C22H15N3O3S. The number of nitrogens with zero attached hydrogens (tertiary/aromatic N) is 2. The van der Waals surface area contributed by atoms with E-state index in [-0.39, 0.29) is 12.5 Å². The maximum Gasteiger partial charge on any atom is 0.420 e. The number of nitrogens with one attached hydrogen (secondary N) is 1. The van der Waals surface area contributed by atoms with Gasteiger partial charge in [-0.1, -0.05) is 48.5 Å². The van der Waals surface area contributed by atoms with E-state index in [1.807, 2.05) is 23.6 Å². The zero-order valence-electron chi connectivity index (χ0n) is 15.2. The van der Waals surface area contributed by atoms with Crippen molar-refractivity contribution in [2.45, 2.75) is 6.54 Å². The van der Waals surface area contributed by atoms with Crippen molar-refractivity contribution in [3.05, 3.63) is 82.7 Å². The van der Waals surface area contributed by atoms with Crippen LogP contribution in [0.4, 0.5) is 5.13 Å². The number of oxazole rings is 1. The number of aromatic nitrogens is 2. The third-order valence-electron chi connectivity index (χ3n) is 4.67. The lowest BCUT2D eigenvalue weighted by atomic mass is 10.1. The van der Waals surface area contributed by atoms with Crippen molar-refractivity contribution in [1.82, 2.24) is 9.55 Å². The van der Waals surface area contributed by atoms with E-state index in [1.165, 1.54) is 15.9 Å². The quantitative estimate of drug-likeness (QED) is 0.481. The summed E-state index contributed by atoms with van der Waals surface area (Å²) in [5, 5.41) is 7.45. The number of hydrogen-bond acceptors (Lipinski definition) is 5. The van der Waals surface area contributed by atoms with Crippen LogP contribution in [0.1, 0.15) is 0 Å². The lowest BCUT2D eigenvalue weighted by Crippen LogP contribution is -2.24. The van der Waals surface area contributed by atoms with E-state index in [9.17, 15) is 9.59 Å².